The molecule has 13 rings (SSSR count). The van der Waals surface area contributed by atoms with Crippen molar-refractivity contribution in [2.45, 2.75) is 0 Å². The van der Waals surface area contributed by atoms with Crippen molar-refractivity contribution < 1.29 is 4.42 Å². The summed E-state index contributed by atoms with van der Waals surface area (Å²) in [7, 11) is 0. The van der Waals surface area contributed by atoms with Crippen LogP contribution in [-0.4, -0.2) is 24.1 Å². The van der Waals surface area contributed by atoms with E-state index in [1.165, 1.54) is 5.56 Å². The van der Waals surface area contributed by atoms with Crippen LogP contribution in [-0.2, 0) is 0 Å². The van der Waals surface area contributed by atoms with E-state index in [1.54, 1.807) is 0 Å². The van der Waals surface area contributed by atoms with Crippen molar-refractivity contribution in [1.82, 2.24) is 24.1 Å². The van der Waals surface area contributed by atoms with Gasteiger partial charge in [0.25, 0.3) is 0 Å². The first-order valence-corrected chi connectivity index (χ1v) is 21.2. The molecule has 0 fully saturated rings. The second-order valence-electron chi connectivity index (χ2n) is 16.0. The van der Waals surface area contributed by atoms with Gasteiger partial charge in [0.05, 0.1) is 33.3 Å². The normalized spacial score (nSPS) is 11.8. The monoisotopic (exact) mass is 805 g/mol. The summed E-state index contributed by atoms with van der Waals surface area (Å²) < 4.78 is 11.3. The zero-order chi connectivity index (χ0) is 41.4. The minimum atomic E-state index is 0.526. The lowest BCUT2D eigenvalue weighted by molar-refractivity contribution is 0.669. The van der Waals surface area contributed by atoms with Crippen LogP contribution in [0.15, 0.2) is 217 Å². The topological polar surface area (TPSA) is 61.7 Å². The van der Waals surface area contributed by atoms with Crippen LogP contribution in [0.5, 0.6) is 0 Å². The second kappa shape index (κ2) is 14.0. The zero-order valence-corrected chi connectivity index (χ0v) is 33.9. The molecule has 0 spiro atoms. The summed E-state index contributed by atoms with van der Waals surface area (Å²) in [6.07, 6.45) is 0. The molecule has 0 aliphatic carbocycles. The Kier molecular flexibility index (Phi) is 7.80. The van der Waals surface area contributed by atoms with Gasteiger partial charge in [-0.15, -0.1) is 0 Å². The van der Waals surface area contributed by atoms with Gasteiger partial charge >= 0.3 is 0 Å². The predicted octanol–water partition coefficient (Wildman–Crippen LogP) is 14.6. The Morgan fingerprint density at radius 1 is 0.349 bits per heavy atom. The molecule has 13 aromatic rings. The molecule has 0 aliphatic rings. The van der Waals surface area contributed by atoms with Crippen LogP contribution < -0.4 is 0 Å². The van der Waals surface area contributed by atoms with Gasteiger partial charge in [0.1, 0.15) is 11.2 Å². The molecule has 0 unspecified atom stereocenters. The van der Waals surface area contributed by atoms with Gasteiger partial charge in [0.15, 0.2) is 11.6 Å². The van der Waals surface area contributed by atoms with Gasteiger partial charge in [-0.3, -0.25) is 4.57 Å². The number of hydrogen-bond acceptors (Lipinski definition) is 4. The molecule has 9 aromatic carbocycles. The zero-order valence-electron chi connectivity index (χ0n) is 33.9. The third-order valence-electron chi connectivity index (χ3n) is 12.4. The van der Waals surface area contributed by atoms with E-state index in [-0.39, 0.29) is 0 Å². The second-order valence-corrected chi connectivity index (χ2v) is 16.0. The Bertz CT molecular complexity index is 3900. The molecule has 0 atom stereocenters. The molecule has 63 heavy (non-hydrogen) atoms. The molecule has 4 heterocycles. The van der Waals surface area contributed by atoms with Gasteiger partial charge in [-0.05, 0) is 53.1 Å². The van der Waals surface area contributed by atoms with E-state index in [0.29, 0.717) is 17.6 Å². The number of fused-ring (bicyclic) bond motifs is 10. The van der Waals surface area contributed by atoms with E-state index >= 15 is 0 Å². The molecule has 0 N–H and O–H groups in total. The Hall–Kier alpha value is -8.61. The summed E-state index contributed by atoms with van der Waals surface area (Å²) in [4.78, 5) is 16.0. The average molecular weight is 806 g/mol. The van der Waals surface area contributed by atoms with Crippen LogP contribution in [0.25, 0.3) is 122 Å². The molecule has 0 saturated heterocycles. The van der Waals surface area contributed by atoms with E-state index in [1.807, 2.05) is 42.5 Å². The van der Waals surface area contributed by atoms with E-state index in [9.17, 15) is 0 Å². The highest BCUT2D eigenvalue weighted by molar-refractivity contribution is 6.26. The first-order chi connectivity index (χ1) is 31.3. The Labute approximate surface area is 361 Å². The summed E-state index contributed by atoms with van der Waals surface area (Å²) in [6.45, 7) is 0. The minimum Gasteiger partial charge on any atom is -0.455 e. The highest BCUT2D eigenvalue weighted by Gasteiger charge is 2.25. The van der Waals surface area contributed by atoms with Gasteiger partial charge in [0.2, 0.25) is 5.95 Å². The molecule has 6 nitrogen and oxygen atoms in total. The molecular weight excluding hydrogens is 771 g/mol. The molecule has 4 aromatic heterocycles. The lowest BCUT2D eigenvalue weighted by Gasteiger charge is -2.16. The molecule has 0 amide bonds. The van der Waals surface area contributed by atoms with Crippen molar-refractivity contribution in [3.8, 4) is 56.7 Å². The van der Waals surface area contributed by atoms with Crippen LogP contribution in [0, 0.1) is 0 Å². The van der Waals surface area contributed by atoms with E-state index in [2.05, 4.69) is 179 Å². The third-order valence-corrected chi connectivity index (χ3v) is 12.4. The highest BCUT2D eigenvalue weighted by Crippen LogP contribution is 2.44. The van der Waals surface area contributed by atoms with Crippen LogP contribution in [0.3, 0.4) is 0 Å². The van der Waals surface area contributed by atoms with Crippen molar-refractivity contribution in [2.75, 3.05) is 0 Å². The van der Waals surface area contributed by atoms with E-state index < -0.39 is 0 Å². The van der Waals surface area contributed by atoms with E-state index in [4.69, 9.17) is 19.4 Å². The predicted molar refractivity (Wildman–Crippen MR) is 258 cm³/mol. The molecule has 0 aliphatic heterocycles. The first kappa shape index (κ1) is 35.2. The number of aromatic nitrogens is 5. The Morgan fingerprint density at radius 2 is 0.968 bits per heavy atom. The number of para-hydroxylation sites is 4. The number of rotatable bonds is 6. The number of hydrogen-bond donors (Lipinski definition) is 0. The van der Waals surface area contributed by atoms with Crippen LogP contribution in [0.4, 0.5) is 0 Å². The standard InChI is InChI=1S/C57H35N5O/c1-4-17-36(18-5-1)39-31-32-40(37-19-6-2-7-20-37)50(35-39)61-48-29-14-11-25-45(48)52-49(61)34-33-43-41-23-10-13-28-47(41)62(53(43)52)57-59-55(38-21-8-3-9-22-38)58-56(60-57)46-27-16-26-44-42-24-12-15-30-51(42)63-54(44)46/h1-35H. The maximum atomic E-state index is 6.57. The van der Waals surface area contributed by atoms with Crippen LogP contribution in [0.2, 0.25) is 0 Å². The number of nitrogens with zero attached hydrogens (tertiary/aromatic N) is 5. The Morgan fingerprint density at radius 3 is 1.75 bits per heavy atom. The molecule has 0 radical (unpaired) electrons. The fourth-order valence-corrected chi connectivity index (χ4v) is 9.59. The molecule has 0 saturated carbocycles. The van der Waals surface area contributed by atoms with Gasteiger partial charge in [0, 0.05) is 43.4 Å². The average Bonchev–Trinajstić information content (AvgIpc) is 4.02. The highest BCUT2D eigenvalue weighted by atomic mass is 16.3. The lowest BCUT2D eigenvalue weighted by atomic mass is 9.98. The maximum absolute atomic E-state index is 6.57. The largest absolute Gasteiger partial charge is 0.455 e. The lowest BCUT2D eigenvalue weighted by Crippen LogP contribution is -2.06. The summed E-state index contributed by atoms with van der Waals surface area (Å²) in [5.41, 5.74) is 13.2. The fourth-order valence-electron chi connectivity index (χ4n) is 9.59. The summed E-state index contributed by atoms with van der Waals surface area (Å²) in [6, 6.07) is 74.5. The van der Waals surface area contributed by atoms with Crippen molar-refractivity contribution in [2.24, 2.45) is 0 Å². The smallest absolute Gasteiger partial charge is 0.238 e. The molecule has 6 heteroatoms. The van der Waals surface area contributed by atoms with Gasteiger partial charge < -0.3 is 8.98 Å². The maximum Gasteiger partial charge on any atom is 0.238 e. The fraction of sp³-hybridized carbons (Fsp3) is 0. The van der Waals surface area contributed by atoms with Crippen LogP contribution in [0.1, 0.15) is 0 Å². The Balaban J connectivity index is 1.15. The van der Waals surface area contributed by atoms with Crippen molar-refractivity contribution in [3.63, 3.8) is 0 Å². The first-order valence-electron chi connectivity index (χ1n) is 21.2. The number of benzene rings is 9. The summed E-state index contributed by atoms with van der Waals surface area (Å²) in [5.74, 6) is 1.64. The SMILES string of the molecule is c1ccc(-c2ccc(-c3ccccc3)c(-n3c4ccccc4c4c3ccc3c5ccccc5n(-c5nc(-c6ccccc6)nc(-c6cccc7c6oc6ccccc67)n5)c34)c2)cc1. The van der Waals surface area contributed by atoms with E-state index in [0.717, 1.165) is 99.1 Å². The molecule has 0 bridgehead atoms. The third kappa shape index (κ3) is 5.48. The molecular formula is C57H35N5O. The van der Waals surface area contributed by atoms with Crippen molar-refractivity contribution >= 4 is 65.6 Å². The minimum absolute atomic E-state index is 0.526. The summed E-state index contributed by atoms with van der Waals surface area (Å²) >= 11 is 0. The van der Waals surface area contributed by atoms with Gasteiger partial charge in [-0.2, -0.15) is 9.97 Å². The summed E-state index contributed by atoms with van der Waals surface area (Å²) in [5, 5.41) is 6.55. The van der Waals surface area contributed by atoms with Gasteiger partial charge in [-0.1, -0.05) is 176 Å². The van der Waals surface area contributed by atoms with Crippen molar-refractivity contribution in [3.05, 3.63) is 212 Å². The van der Waals surface area contributed by atoms with Crippen molar-refractivity contribution in [1.29, 1.82) is 0 Å². The quantitative estimate of drug-likeness (QED) is 0.168. The van der Waals surface area contributed by atoms with Crippen LogP contribution >= 0.6 is 0 Å². The molecule has 294 valence electrons. The van der Waals surface area contributed by atoms with Gasteiger partial charge in [-0.25, -0.2) is 4.98 Å². The number of furan rings is 1.